The van der Waals surface area contributed by atoms with E-state index in [1.165, 1.54) is 9.80 Å². The van der Waals surface area contributed by atoms with Crippen molar-refractivity contribution in [3.8, 4) is 35.6 Å². The summed E-state index contributed by atoms with van der Waals surface area (Å²) in [5, 5.41) is 29.0. The van der Waals surface area contributed by atoms with Crippen molar-refractivity contribution >= 4 is 51.9 Å². The summed E-state index contributed by atoms with van der Waals surface area (Å²) in [7, 11) is 3.26. The van der Waals surface area contributed by atoms with Crippen LogP contribution < -0.4 is 0 Å². The summed E-state index contributed by atoms with van der Waals surface area (Å²) in [5.41, 5.74) is 1.05. The first-order valence-electron chi connectivity index (χ1n) is 24.6. The van der Waals surface area contributed by atoms with Crippen LogP contribution in [0.25, 0.3) is 11.4 Å². The molecule has 0 saturated carbocycles. The highest BCUT2D eigenvalue weighted by Crippen LogP contribution is 2.30. The molecule has 6 heterocycles. The highest BCUT2D eigenvalue weighted by molar-refractivity contribution is 9.10. The highest BCUT2D eigenvalue weighted by atomic mass is 79.9. The van der Waals surface area contributed by atoms with Crippen molar-refractivity contribution in [3.63, 3.8) is 0 Å². The van der Waals surface area contributed by atoms with Gasteiger partial charge >= 0.3 is 24.1 Å². The van der Waals surface area contributed by atoms with Crippen molar-refractivity contribution in [2.75, 3.05) is 53.5 Å². The SMILES string of the molecule is C#C[C@]1(O)CCN(C)C1=O.CCOC(=O)c1nn(-c2cccc(Br)c2)c2c1CN(C(=O)OC(C)(C)C)CC2.CCOC(=O)c1nn(-c2cccc(C#C[C@]3(O)CCN(C)C3=O)c2)c2c1CN(C(=O)OC(C)(C)C)CC2. The predicted octanol–water partition coefficient (Wildman–Crippen LogP) is 5.60. The lowest BCUT2D eigenvalue weighted by molar-refractivity contribution is -0.138. The number of fused-ring (bicyclic) bond motifs is 2. The van der Waals surface area contributed by atoms with Crippen LogP contribution in [0.4, 0.5) is 9.59 Å². The number of halogens is 1. The van der Waals surface area contributed by atoms with E-state index in [-0.39, 0.29) is 50.0 Å². The Labute approximate surface area is 445 Å². The Morgan fingerprint density at radius 3 is 1.52 bits per heavy atom. The number of hydrogen-bond acceptors (Lipinski definition) is 14. The van der Waals surface area contributed by atoms with Gasteiger partial charge in [-0.1, -0.05) is 45.8 Å². The monoisotopic (exact) mass is 1100 g/mol. The van der Waals surface area contributed by atoms with Crippen LogP contribution in [0.15, 0.2) is 53.0 Å². The average Bonchev–Trinajstić information content (AvgIpc) is 4.08. The number of nitrogens with zero attached hydrogens (tertiary/aromatic N) is 8. The maximum absolute atomic E-state index is 12.8. The number of aliphatic hydroxyl groups is 2. The zero-order chi connectivity index (χ0) is 55.2. The minimum atomic E-state index is -1.70. The van der Waals surface area contributed by atoms with Crippen molar-refractivity contribution in [2.24, 2.45) is 0 Å². The Morgan fingerprint density at radius 1 is 0.693 bits per heavy atom. The third-order valence-electron chi connectivity index (χ3n) is 12.2. The molecule has 8 rings (SSSR count). The van der Waals surface area contributed by atoms with E-state index in [0.29, 0.717) is 67.8 Å². The minimum Gasteiger partial charge on any atom is -0.461 e. The number of esters is 2. The van der Waals surface area contributed by atoms with Crippen LogP contribution in [0.2, 0.25) is 0 Å². The number of likely N-dealkylation sites (tertiary alicyclic amines) is 2. The van der Waals surface area contributed by atoms with Gasteiger partial charge in [-0.2, -0.15) is 10.2 Å². The smallest absolute Gasteiger partial charge is 0.410 e. The van der Waals surface area contributed by atoms with Gasteiger partial charge in [-0.05, 0) is 91.8 Å². The molecule has 4 aromatic rings. The maximum Gasteiger partial charge on any atom is 0.410 e. The molecule has 4 aliphatic heterocycles. The Bertz CT molecular complexity index is 2950. The van der Waals surface area contributed by atoms with Crippen LogP contribution in [-0.2, 0) is 54.5 Å². The zero-order valence-electron chi connectivity index (χ0n) is 44.1. The fourth-order valence-electron chi connectivity index (χ4n) is 8.41. The first kappa shape index (κ1) is 57.1. The summed E-state index contributed by atoms with van der Waals surface area (Å²) >= 11 is 3.47. The molecule has 0 radical (unpaired) electrons. The number of hydrogen-bond donors (Lipinski definition) is 2. The van der Waals surface area contributed by atoms with E-state index in [1.807, 2.05) is 51.1 Å². The largest absolute Gasteiger partial charge is 0.461 e. The lowest BCUT2D eigenvalue weighted by Crippen LogP contribution is -2.40. The van der Waals surface area contributed by atoms with Crippen LogP contribution >= 0.6 is 15.9 Å². The third kappa shape index (κ3) is 13.6. The van der Waals surface area contributed by atoms with Crippen molar-refractivity contribution < 1.29 is 57.9 Å². The van der Waals surface area contributed by atoms with Gasteiger partial charge in [-0.25, -0.2) is 28.5 Å². The molecule has 2 N–H and O–H groups in total. The summed E-state index contributed by atoms with van der Waals surface area (Å²) in [4.78, 5) is 79.7. The minimum absolute atomic E-state index is 0.149. The molecule has 400 valence electrons. The summed E-state index contributed by atoms with van der Waals surface area (Å²) in [5.74, 6) is 5.89. The number of aromatic nitrogens is 4. The number of likely N-dealkylation sites (N-methyl/N-ethyl adjacent to an activating group) is 2. The summed E-state index contributed by atoms with van der Waals surface area (Å²) in [6, 6.07) is 14.9. The quantitative estimate of drug-likeness (QED) is 0.136. The fourth-order valence-corrected chi connectivity index (χ4v) is 8.80. The Morgan fingerprint density at radius 2 is 1.13 bits per heavy atom. The van der Waals surface area contributed by atoms with E-state index in [9.17, 15) is 39.0 Å². The zero-order valence-corrected chi connectivity index (χ0v) is 45.7. The summed E-state index contributed by atoms with van der Waals surface area (Å²) < 4.78 is 25.8. The number of carbonyl (C=O) groups excluding carboxylic acids is 6. The third-order valence-corrected chi connectivity index (χ3v) is 12.7. The number of rotatable bonds is 6. The highest BCUT2D eigenvalue weighted by Gasteiger charge is 2.43. The number of amides is 4. The van der Waals surface area contributed by atoms with Crippen molar-refractivity contribution in [2.45, 2.75) is 117 Å². The van der Waals surface area contributed by atoms with Crippen LogP contribution in [0.5, 0.6) is 0 Å². The first-order chi connectivity index (χ1) is 35.2. The fraction of sp³-hybridized carbons (Fsp3) is 0.481. The van der Waals surface area contributed by atoms with Gasteiger partial charge in [-0.15, -0.1) is 6.42 Å². The molecule has 2 aromatic heterocycles. The van der Waals surface area contributed by atoms with Gasteiger partial charge in [0.25, 0.3) is 11.8 Å². The Balaban J connectivity index is 0.000000211. The van der Waals surface area contributed by atoms with Gasteiger partial charge in [0.1, 0.15) is 11.2 Å². The molecule has 21 heteroatoms. The van der Waals surface area contributed by atoms with Gasteiger partial charge in [0.2, 0.25) is 11.2 Å². The van der Waals surface area contributed by atoms with E-state index in [4.69, 9.17) is 25.4 Å². The van der Waals surface area contributed by atoms with Gasteiger partial charge in [0.15, 0.2) is 11.4 Å². The maximum atomic E-state index is 12.8. The topological polar surface area (TPSA) is 228 Å². The van der Waals surface area contributed by atoms with Crippen molar-refractivity contribution in [1.82, 2.24) is 39.2 Å². The molecule has 4 aliphatic rings. The van der Waals surface area contributed by atoms with Crippen LogP contribution in [0.1, 0.15) is 117 Å². The number of terminal acetylenes is 1. The number of carbonyl (C=O) groups is 6. The Hall–Kier alpha value is -7.20. The second-order valence-electron chi connectivity index (χ2n) is 20.2. The van der Waals surface area contributed by atoms with Gasteiger partial charge in [-0.3, -0.25) is 9.59 Å². The first-order valence-corrected chi connectivity index (χ1v) is 25.4. The van der Waals surface area contributed by atoms with Gasteiger partial charge < -0.3 is 48.8 Å². The van der Waals surface area contributed by atoms with Crippen molar-refractivity contribution in [1.29, 1.82) is 0 Å². The molecule has 2 saturated heterocycles. The second kappa shape index (κ2) is 23.1. The van der Waals surface area contributed by atoms with Crippen molar-refractivity contribution in [3.05, 3.63) is 92.5 Å². The lowest BCUT2D eigenvalue weighted by atomic mass is 10.0. The second-order valence-corrected chi connectivity index (χ2v) is 21.1. The van der Waals surface area contributed by atoms with E-state index in [0.717, 1.165) is 21.5 Å². The molecular weight excluding hydrogens is 1030 g/mol. The molecule has 2 atom stereocenters. The average molecular weight is 1100 g/mol. The van der Waals surface area contributed by atoms with Crippen LogP contribution in [0, 0.1) is 24.2 Å². The lowest BCUT2D eigenvalue weighted by Gasteiger charge is -2.30. The number of benzene rings is 2. The number of ether oxygens (including phenoxy) is 4. The van der Waals surface area contributed by atoms with E-state index in [1.54, 1.807) is 86.1 Å². The predicted molar refractivity (Wildman–Crippen MR) is 278 cm³/mol. The van der Waals surface area contributed by atoms with E-state index in [2.05, 4.69) is 43.9 Å². The molecule has 20 nitrogen and oxygen atoms in total. The van der Waals surface area contributed by atoms with E-state index < -0.39 is 52.4 Å². The molecule has 2 fully saturated rings. The van der Waals surface area contributed by atoms with Gasteiger partial charge in [0, 0.05) is 87.1 Å². The van der Waals surface area contributed by atoms with E-state index >= 15 is 0 Å². The van der Waals surface area contributed by atoms with Gasteiger partial charge in [0.05, 0.1) is 49.1 Å². The standard InChI is InChI=1S/C27H32N4O6.C20H24BrN3O4.C7H9NO2/c1-6-36-23(32)22-20-17-30(25(34)37-26(2,3)4)14-11-21(20)31(28-22)19-9-7-8-18(16-19)10-12-27(35)13-15-29(5)24(27)33;1-5-27-18(25)17-15-12-23(19(26)28-20(2,3)4)10-9-16(15)24(22-17)14-8-6-7-13(21)11-14;1-3-7(10)4-5-8(2)6(7)9/h7-9,16,35H,6,11,13-15,17H2,1-5H3;6-8,11H,5,9-10,12H2,1-4H3;1,10H,4-5H2,2H3/t27-;;7-/m0.0/s1. The molecule has 0 bridgehead atoms. The summed E-state index contributed by atoms with van der Waals surface area (Å²) in [6.45, 7) is 17.1. The molecule has 75 heavy (non-hydrogen) atoms. The summed E-state index contributed by atoms with van der Waals surface area (Å²) in [6.07, 6.45) is 5.73. The molecule has 0 spiro atoms. The molecule has 4 amide bonds. The Kier molecular flexibility index (Phi) is 17.6. The molecule has 2 aromatic carbocycles. The molecule has 0 unspecified atom stereocenters. The van der Waals surface area contributed by atoms with Crippen LogP contribution in [0.3, 0.4) is 0 Å². The molecular formula is C54H65BrN8O12. The molecule has 0 aliphatic carbocycles. The normalized spacial score (nSPS) is 19.0. The van der Waals surface area contributed by atoms with Crippen LogP contribution in [-0.4, -0.2) is 161 Å².